The van der Waals surface area contributed by atoms with E-state index < -0.39 is 0 Å². The minimum absolute atomic E-state index is 0.596. The van der Waals surface area contributed by atoms with Gasteiger partial charge in [0.1, 0.15) is 0 Å². The first-order valence-electron chi connectivity index (χ1n) is 6.41. The molecular weight excluding hydrogens is 220 g/mol. The molecule has 0 aromatic heterocycles. The summed E-state index contributed by atoms with van der Waals surface area (Å²) in [5, 5.41) is 11.3. The second-order valence-corrected chi connectivity index (χ2v) is 4.42. The van der Waals surface area contributed by atoms with Crippen LogP contribution in [0.1, 0.15) is 18.9 Å². The Labute approximate surface area is 108 Å². The van der Waals surface area contributed by atoms with Crippen molar-refractivity contribution in [2.75, 3.05) is 13.1 Å². The van der Waals surface area contributed by atoms with Crippen LogP contribution in [0.3, 0.4) is 0 Å². The second-order valence-electron chi connectivity index (χ2n) is 4.42. The van der Waals surface area contributed by atoms with Crippen molar-refractivity contribution in [3.05, 3.63) is 48.0 Å². The van der Waals surface area contributed by atoms with Crippen LogP contribution in [-0.4, -0.2) is 18.0 Å². The first-order chi connectivity index (χ1) is 8.85. The lowest BCUT2D eigenvalue weighted by molar-refractivity contribution is 0.288. The molecule has 0 fully saturated rings. The zero-order chi connectivity index (χ0) is 12.8. The van der Waals surface area contributed by atoms with Crippen molar-refractivity contribution in [1.29, 1.82) is 5.26 Å². The number of rotatable bonds is 5. The Morgan fingerprint density at radius 2 is 1.89 bits per heavy atom. The molecule has 0 aliphatic heterocycles. The first kappa shape index (κ1) is 12.6. The average molecular weight is 238 g/mol. The molecule has 0 spiro atoms. The average Bonchev–Trinajstić information content (AvgIpc) is 2.43. The van der Waals surface area contributed by atoms with E-state index in [1.54, 1.807) is 0 Å². The largest absolute Gasteiger partial charge is 0.298 e. The molecular formula is C16H18N2. The van der Waals surface area contributed by atoms with Gasteiger partial charge in [-0.1, -0.05) is 49.4 Å². The predicted molar refractivity (Wildman–Crippen MR) is 75.1 cm³/mol. The van der Waals surface area contributed by atoms with Crippen LogP contribution in [0.4, 0.5) is 0 Å². The normalized spacial score (nSPS) is 10.7. The maximum atomic E-state index is 8.67. The molecule has 0 unspecified atom stereocenters. The molecule has 0 amide bonds. The fraction of sp³-hybridized carbons (Fsp3) is 0.312. The van der Waals surface area contributed by atoms with E-state index in [-0.39, 0.29) is 0 Å². The van der Waals surface area contributed by atoms with Gasteiger partial charge in [0.05, 0.1) is 6.07 Å². The molecule has 18 heavy (non-hydrogen) atoms. The number of nitrogens with zero attached hydrogens (tertiary/aromatic N) is 2. The lowest BCUT2D eigenvalue weighted by Crippen LogP contribution is -2.23. The predicted octanol–water partition coefficient (Wildman–Crippen LogP) is 3.58. The number of benzene rings is 2. The van der Waals surface area contributed by atoms with E-state index in [4.69, 9.17) is 5.26 Å². The minimum Gasteiger partial charge on any atom is -0.298 e. The van der Waals surface area contributed by atoms with E-state index in [0.29, 0.717) is 6.42 Å². The van der Waals surface area contributed by atoms with Crippen molar-refractivity contribution in [2.24, 2.45) is 0 Å². The standard InChI is InChI=1S/C16H18N2/c1-2-18(12-6-11-17)13-15-9-5-8-14-7-3-4-10-16(14)15/h3-5,7-10H,2,6,12-13H2,1H3. The van der Waals surface area contributed by atoms with Gasteiger partial charge in [0.25, 0.3) is 0 Å². The third-order valence-corrected chi connectivity index (χ3v) is 3.26. The molecule has 0 aliphatic carbocycles. The molecule has 2 heteroatoms. The number of nitriles is 1. The highest BCUT2D eigenvalue weighted by Gasteiger charge is 2.06. The van der Waals surface area contributed by atoms with Crippen molar-refractivity contribution in [3.63, 3.8) is 0 Å². The molecule has 2 aromatic rings. The lowest BCUT2D eigenvalue weighted by Gasteiger charge is -2.20. The zero-order valence-electron chi connectivity index (χ0n) is 10.8. The van der Waals surface area contributed by atoms with Crippen LogP contribution in [0.25, 0.3) is 10.8 Å². The maximum absolute atomic E-state index is 8.67. The van der Waals surface area contributed by atoms with Crippen molar-refractivity contribution in [3.8, 4) is 6.07 Å². The van der Waals surface area contributed by atoms with E-state index in [1.807, 2.05) is 0 Å². The van der Waals surface area contributed by atoms with Gasteiger partial charge in [0.15, 0.2) is 0 Å². The summed E-state index contributed by atoms with van der Waals surface area (Å²) < 4.78 is 0. The molecule has 92 valence electrons. The summed E-state index contributed by atoms with van der Waals surface area (Å²) in [6.07, 6.45) is 0.596. The van der Waals surface area contributed by atoms with Crippen molar-refractivity contribution >= 4 is 10.8 Å². The van der Waals surface area contributed by atoms with Crippen LogP contribution in [0.15, 0.2) is 42.5 Å². The molecule has 0 N–H and O–H groups in total. The summed E-state index contributed by atoms with van der Waals surface area (Å²) in [4.78, 5) is 2.31. The molecule has 0 saturated carbocycles. The fourth-order valence-electron chi connectivity index (χ4n) is 2.23. The van der Waals surface area contributed by atoms with E-state index in [2.05, 4.69) is 60.4 Å². The van der Waals surface area contributed by atoms with Gasteiger partial charge in [-0.05, 0) is 22.9 Å². The molecule has 2 rings (SSSR count). The lowest BCUT2D eigenvalue weighted by atomic mass is 10.0. The Morgan fingerprint density at radius 1 is 1.11 bits per heavy atom. The van der Waals surface area contributed by atoms with E-state index in [1.165, 1.54) is 16.3 Å². The summed E-state index contributed by atoms with van der Waals surface area (Å²) in [7, 11) is 0. The summed E-state index contributed by atoms with van der Waals surface area (Å²) in [6.45, 7) is 4.88. The third-order valence-electron chi connectivity index (χ3n) is 3.26. The van der Waals surface area contributed by atoms with Gasteiger partial charge in [-0.3, -0.25) is 4.90 Å². The van der Waals surface area contributed by atoms with E-state index in [0.717, 1.165) is 19.6 Å². The van der Waals surface area contributed by atoms with Gasteiger partial charge in [-0.2, -0.15) is 5.26 Å². The Bertz CT molecular complexity index is 549. The van der Waals surface area contributed by atoms with Gasteiger partial charge in [0.2, 0.25) is 0 Å². The van der Waals surface area contributed by atoms with Crippen LogP contribution in [0.5, 0.6) is 0 Å². The highest BCUT2D eigenvalue weighted by Crippen LogP contribution is 2.19. The maximum Gasteiger partial charge on any atom is 0.0635 e. The summed E-state index contributed by atoms with van der Waals surface area (Å²) in [6, 6.07) is 17.1. The SMILES string of the molecule is CCN(CCC#N)Cc1cccc2ccccc12. The Balaban J connectivity index is 2.23. The first-order valence-corrected chi connectivity index (χ1v) is 6.41. The summed E-state index contributed by atoms with van der Waals surface area (Å²) in [5.41, 5.74) is 1.34. The Hall–Kier alpha value is -1.85. The van der Waals surface area contributed by atoms with Crippen LogP contribution in [-0.2, 0) is 6.54 Å². The smallest absolute Gasteiger partial charge is 0.0635 e. The third kappa shape index (κ3) is 2.88. The fourth-order valence-corrected chi connectivity index (χ4v) is 2.23. The van der Waals surface area contributed by atoms with Crippen LogP contribution < -0.4 is 0 Å². The topological polar surface area (TPSA) is 27.0 Å². The van der Waals surface area contributed by atoms with E-state index in [9.17, 15) is 0 Å². The molecule has 0 atom stereocenters. The molecule has 0 heterocycles. The van der Waals surface area contributed by atoms with Crippen LogP contribution in [0.2, 0.25) is 0 Å². The van der Waals surface area contributed by atoms with Crippen LogP contribution in [0, 0.1) is 11.3 Å². The highest BCUT2D eigenvalue weighted by molar-refractivity contribution is 5.85. The quantitative estimate of drug-likeness (QED) is 0.796. The summed E-state index contributed by atoms with van der Waals surface area (Å²) >= 11 is 0. The second kappa shape index (κ2) is 6.18. The molecule has 0 bridgehead atoms. The molecule has 2 nitrogen and oxygen atoms in total. The van der Waals surface area contributed by atoms with Gasteiger partial charge < -0.3 is 0 Å². The number of hydrogen-bond acceptors (Lipinski definition) is 2. The zero-order valence-corrected chi connectivity index (χ0v) is 10.8. The van der Waals surface area contributed by atoms with Gasteiger partial charge in [-0.25, -0.2) is 0 Å². The minimum atomic E-state index is 0.596. The number of hydrogen-bond donors (Lipinski definition) is 0. The molecule has 0 saturated heterocycles. The van der Waals surface area contributed by atoms with Gasteiger partial charge in [-0.15, -0.1) is 0 Å². The summed E-state index contributed by atoms with van der Waals surface area (Å²) in [5.74, 6) is 0. The van der Waals surface area contributed by atoms with Gasteiger partial charge >= 0.3 is 0 Å². The van der Waals surface area contributed by atoms with Crippen molar-refractivity contribution < 1.29 is 0 Å². The van der Waals surface area contributed by atoms with Crippen LogP contribution >= 0.6 is 0 Å². The number of fused-ring (bicyclic) bond motifs is 1. The molecule has 2 aromatic carbocycles. The monoisotopic (exact) mass is 238 g/mol. The Morgan fingerprint density at radius 3 is 2.67 bits per heavy atom. The van der Waals surface area contributed by atoms with E-state index >= 15 is 0 Å². The molecule has 0 radical (unpaired) electrons. The van der Waals surface area contributed by atoms with Crippen molar-refractivity contribution in [2.45, 2.75) is 19.9 Å². The van der Waals surface area contributed by atoms with Crippen molar-refractivity contribution in [1.82, 2.24) is 4.90 Å². The molecule has 0 aliphatic rings. The highest BCUT2D eigenvalue weighted by atomic mass is 15.1. The van der Waals surface area contributed by atoms with Gasteiger partial charge in [0, 0.05) is 19.5 Å². The Kier molecular flexibility index (Phi) is 4.33.